The third-order valence-electron chi connectivity index (χ3n) is 4.09. The lowest BCUT2D eigenvalue weighted by molar-refractivity contribution is -0.168. The number of hydrogen-bond donors (Lipinski definition) is 2. The van der Waals surface area contributed by atoms with Gasteiger partial charge in [0.1, 0.15) is 0 Å². The Kier molecular flexibility index (Phi) is 9.25. The molecule has 0 saturated carbocycles. The lowest BCUT2D eigenvalue weighted by Gasteiger charge is -2.25. The number of esters is 2. The topological polar surface area (TPSA) is 161 Å². The van der Waals surface area contributed by atoms with Crippen LogP contribution in [-0.2, 0) is 39.3 Å². The largest absolute Gasteiger partial charge is 0.455 e. The summed E-state index contributed by atoms with van der Waals surface area (Å²) in [7, 11) is -11.8. The summed E-state index contributed by atoms with van der Waals surface area (Å²) < 4.78 is 122. The zero-order valence-electron chi connectivity index (χ0n) is 16.2. The first-order chi connectivity index (χ1) is 13.2. The van der Waals surface area contributed by atoms with E-state index in [4.69, 9.17) is 9.11 Å². The van der Waals surface area contributed by atoms with Crippen molar-refractivity contribution in [3.05, 3.63) is 0 Å². The van der Waals surface area contributed by atoms with Gasteiger partial charge in [0, 0.05) is 0 Å². The Balaban J connectivity index is 5.16. The molecule has 0 aliphatic rings. The molecule has 10 nitrogen and oxygen atoms in total. The van der Waals surface area contributed by atoms with Crippen LogP contribution >= 0.6 is 0 Å². The predicted octanol–water partition coefficient (Wildman–Crippen LogP) is 1.86. The number of rotatable bonds is 11. The van der Waals surface area contributed by atoms with Gasteiger partial charge >= 0.3 is 42.7 Å². The Morgan fingerprint density at radius 2 is 1.17 bits per heavy atom. The van der Waals surface area contributed by atoms with Gasteiger partial charge in [-0.3, -0.25) is 18.7 Å². The van der Waals surface area contributed by atoms with Gasteiger partial charge in [-0.15, -0.1) is 0 Å². The van der Waals surface area contributed by atoms with Crippen LogP contribution in [0.1, 0.15) is 40.5 Å². The summed E-state index contributed by atoms with van der Waals surface area (Å²) in [5, 5.41) is -9.61. The summed E-state index contributed by atoms with van der Waals surface area (Å²) in [6.45, 7) is 3.50. The van der Waals surface area contributed by atoms with Gasteiger partial charge < -0.3 is 9.47 Å². The van der Waals surface area contributed by atoms with Gasteiger partial charge in [-0.1, -0.05) is 13.8 Å². The fraction of sp³-hybridized carbons (Fsp3) is 0.857. The third kappa shape index (κ3) is 6.75. The van der Waals surface area contributed by atoms with Crippen LogP contribution in [-0.4, -0.2) is 60.6 Å². The van der Waals surface area contributed by atoms with Crippen molar-refractivity contribution in [3.8, 4) is 0 Å². The van der Waals surface area contributed by atoms with E-state index in [0.29, 0.717) is 13.8 Å². The van der Waals surface area contributed by atoms with Crippen LogP contribution in [0.15, 0.2) is 0 Å². The van der Waals surface area contributed by atoms with E-state index in [1.165, 1.54) is 6.92 Å². The standard InChI is InChI=1S/C14H22F4O10S2/c1-5-10(12(20)28-9(4)14(17,18)30(24,25)26)6-7(2)11(19)27-8(3)13(15,16)29(21,22)23/h7-10H,5-6H2,1-4H3,(H,21,22,23)(H,24,25,26). The van der Waals surface area contributed by atoms with Crippen LogP contribution in [0.3, 0.4) is 0 Å². The summed E-state index contributed by atoms with van der Waals surface area (Å²) in [5.41, 5.74) is 0. The summed E-state index contributed by atoms with van der Waals surface area (Å²) in [5.74, 6) is -5.33. The van der Waals surface area contributed by atoms with E-state index >= 15 is 0 Å². The first-order valence-corrected chi connectivity index (χ1v) is 11.2. The van der Waals surface area contributed by atoms with Gasteiger partial charge in [0.2, 0.25) is 0 Å². The second-order valence-electron chi connectivity index (χ2n) is 6.47. The maximum Gasteiger partial charge on any atom is 0.405 e. The fourth-order valence-electron chi connectivity index (χ4n) is 2.07. The number of carbonyl (C=O) groups excluding carboxylic acids is 2. The maximum absolute atomic E-state index is 13.5. The first kappa shape index (κ1) is 28.5. The van der Waals surface area contributed by atoms with E-state index < -0.39 is 73.1 Å². The Morgan fingerprint density at radius 1 is 0.833 bits per heavy atom. The highest BCUT2D eigenvalue weighted by atomic mass is 32.2. The van der Waals surface area contributed by atoms with Gasteiger partial charge in [0.05, 0.1) is 11.8 Å². The molecule has 0 aromatic carbocycles. The van der Waals surface area contributed by atoms with Gasteiger partial charge in [0.25, 0.3) is 0 Å². The molecule has 0 aromatic heterocycles. The molecule has 0 aromatic rings. The third-order valence-corrected chi connectivity index (χ3v) is 6.13. The molecule has 0 bridgehead atoms. The van der Waals surface area contributed by atoms with E-state index in [1.54, 1.807) is 0 Å². The molecule has 16 heteroatoms. The Hall–Kier alpha value is -1.52. The average Bonchev–Trinajstić information content (AvgIpc) is 2.56. The zero-order valence-corrected chi connectivity index (χ0v) is 17.8. The number of ether oxygens (including phenoxy) is 2. The Morgan fingerprint density at radius 3 is 1.47 bits per heavy atom. The minimum absolute atomic E-state index is 0.0998. The number of carbonyl (C=O) groups is 2. The number of hydrogen-bond acceptors (Lipinski definition) is 8. The molecular formula is C14H22F4O10S2. The molecule has 0 radical (unpaired) electrons. The second kappa shape index (κ2) is 9.74. The van der Waals surface area contributed by atoms with Crippen molar-refractivity contribution in [2.75, 3.05) is 0 Å². The average molecular weight is 490 g/mol. The van der Waals surface area contributed by atoms with Gasteiger partial charge in [-0.2, -0.15) is 34.4 Å². The van der Waals surface area contributed by atoms with Crippen molar-refractivity contribution in [2.24, 2.45) is 11.8 Å². The summed E-state index contributed by atoms with van der Waals surface area (Å²) >= 11 is 0. The van der Waals surface area contributed by atoms with Crippen molar-refractivity contribution in [2.45, 2.75) is 63.3 Å². The minimum atomic E-state index is -5.88. The predicted molar refractivity (Wildman–Crippen MR) is 91.7 cm³/mol. The maximum atomic E-state index is 13.5. The Labute approximate surface area is 170 Å². The number of halogens is 4. The van der Waals surface area contributed by atoms with Gasteiger partial charge in [-0.25, -0.2) is 0 Å². The van der Waals surface area contributed by atoms with E-state index in [1.807, 2.05) is 0 Å². The molecule has 4 atom stereocenters. The van der Waals surface area contributed by atoms with Crippen LogP contribution < -0.4 is 0 Å². The highest BCUT2D eigenvalue weighted by molar-refractivity contribution is 7.87. The van der Waals surface area contributed by atoms with Crippen LogP contribution in [0, 0.1) is 11.8 Å². The second-order valence-corrected chi connectivity index (χ2v) is 9.46. The molecule has 0 aliphatic heterocycles. The number of alkyl halides is 4. The van der Waals surface area contributed by atoms with Crippen molar-refractivity contribution < 1.29 is 62.6 Å². The SMILES string of the molecule is CCC(CC(C)C(=O)OC(C)C(F)(F)S(=O)(=O)O)C(=O)OC(C)C(F)(F)S(=O)(=O)O. The molecule has 30 heavy (non-hydrogen) atoms. The lowest BCUT2D eigenvalue weighted by atomic mass is 9.93. The summed E-state index contributed by atoms with van der Waals surface area (Å²) in [4.78, 5) is 23.9. The van der Waals surface area contributed by atoms with E-state index in [0.717, 1.165) is 6.92 Å². The highest BCUT2D eigenvalue weighted by Gasteiger charge is 2.53. The molecule has 178 valence electrons. The molecule has 0 fully saturated rings. The molecule has 0 aliphatic carbocycles. The Bertz CT molecular complexity index is 841. The van der Waals surface area contributed by atoms with E-state index in [-0.39, 0.29) is 6.42 Å². The van der Waals surface area contributed by atoms with E-state index in [2.05, 4.69) is 9.47 Å². The van der Waals surface area contributed by atoms with Gasteiger partial charge in [-0.05, 0) is 26.7 Å². The van der Waals surface area contributed by atoms with E-state index in [9.17, 15) is 44.0 Å². The molecule has 4 unspecified atom stereocenters. The summed E-state index contributed by atoms with van der Waals surface area (Å²) in [6.07, 6.45) is -5.73. The normalized spacial score (nSPS) is 17.5. The molecule has 0 rings (SSSR count). The minimum Gasteiger partial charge on any atom is -0.455 e. The van der Waals surface area contributed by atoms with Crippen molar-refractivity contribution in [3.63, 3.8) is 0 Å². The molecule has 0 saturated heterocycles. The van der Waals surface area contributed by atoms with Crippen LogP contribution in [0.5, 0.6) is 0 Å². The molecule has 0 spiro atoms. The van der Waals surface area contributed by atoms with Crippen LogP contribution in [0.4, 0.5) is 17.6 Å². The quantitative estimate of drug-likeness (QED) is 0.248. The lowest BCUT2D eigenvalue weighted by Crippen LogP contribution is -2.43. The monoisotopic (exact) mass is 490 g/mol. The smallest absolute Gasteiger partial charge is 0.405 e. The molecular weight excluding hydrogens is 468 g/mol. The van der Waals surface area contributed by atoms with Gasteiger partial charge in [0.15, 0.2) is 12.2 Å². The first-order valence-electron chi connectivity index (χ1n) is 8.30. The molecule has 0 heterocycles. The summed E-state index contributed by atoms with van der Waals surface area (Å²) in [6, 6.07) is 0. The van der Waals surface area contributed by atoms with Crippen molar-refractivity contribution in [1.82, 2.24) is 0 Å². The van der Waals surface area contributed by atoms with Crippen molar-refractivity contribution >= 4 is 32.2 Å². The van der Waals surface area contributed by atoms with Crippen LogP contribution in [0.2, 0.25) is 0 Å². The van der Waals surface area contributed by atoms with Crippen LogP contribution in [0.25, 0.3) is 0 Å². The zero-order chi connectivity index (χ0) is 24.3. The fourth-order valence-corrected chi connectivity index (χ4v) is 3.01. The molecule has 0 amide bonds. The highest BCUT2D eigenvalue weighted by Crippen LogP contribution is 2.30. The van der Waals surface area contributed by atoms with Crippen molar-refractivity contribution in [1.29, 1.82) is 0 Å². The molecule has 2 N–H and O–H groups in total.